The third-order valence-electron chi connectivity index (χ3n) is 4.82. The van der Waals surface area contributed by atoms with E-state index in [1.165, 1.54) is 0 Å². The van der Waals surface area contributed by atoms with Crippen molar-refractivity contribution in [1.29, 1.82) is 0 Å². The molecule has 0 bridgehead atoms. The minimum Gasteiger partial charge on any atom is -0.245 e. The van der Waals surface area contributed by atoms with Crippen molar-refractivity contribution in [2.24, 2.45) is 0 Å². The molecule has 0 fully saturated rings. The third kappa shape index (κ3) is 4.55. The van der Waals surface area contributed by atoms with Crippen LogP contribution >= 0.6 is 0 Å². The Balaban J connectivity index is 1.61. The zero-order chi connectivity index (χ0) is 21.8. The van der Waals surface area contributed by atoms with Crippen LogP contribution in [0.15, 0.2) is 61.2 Å². The number of hydrogen-bond donors (Lipinski definition) is 1. The smallest absolute Gasteiger partial charge is 0.245 e. The second-order valence-corrected chi connectivity index (χ2v) is 7.20. The maximum Gasteiger partial charge on any atom is 0.305 e. The van der Waals surface area contributed by atoms with Crippen LogP contribution in [0.1, 0.15) is 30.6 Å². The van der Waals surface area contributed by atoms with Crippen LogP contribution in [0.5, 0.6) is 0 Å². The second kappa shape index (κ2) is 8.55. The number of nitrogens with zero attached hydrogens (tertiary/aromatic N) is 6. The summed E-state index contributed by atoms with van der Waals surface area (Å²) in [6.07, 6.45) is 2.88. The van der Waals surface area contributed by atoms with Crippen molar-refractivity contribution >= 4 is 0 Å². The molecule has 0 spiro atoms. The first kappa shape index (κ1) is 20.5. The standard InChI is InChI=1S/C22H21F2N7/c1-3-4-9-19-25-21(22(2,23)24)28-31(19)14-15-10-12-16(13-11-15)17-7-5-6-8-18(17)20-26-29-30-27-20/h3,5-8,10-13H,1,4,9,14H2,2H3,(H,26,27,29,30). The van der Waals surface area contributed by atoms with Crippen molar-refractivity contribution in [3.8, 4) is 22.5 Å². The van der Waals surface area contributed by atoms with Crippen LogP contribution in [-0.2, 0) is 18.9 Å². The molecule has 2 heterocycles. The van der Waals surface area contributed by atoms with Gasteiger partial charge in [0.05, 0.1) is 6.54 Å². The summed E-state index contributed by atoms with van der Waals surface area (Å²) < 4.78 is 29.0. The summed E-state index contributed by atoms with van der Waals surface area (Å²) in [5.41, 5.74) is 3.74. The van der Waals surface area contributed by atoms with Gasteiger partial charge in [0.1, 0.15) is 5.82 Å². The van der Waals surface area contributed by atoms with Gasteiger partial charge in [0.15, 0.2) is 0 Å². The van der Waals surface area contributed by atoms with Crippen molar-refractivity contribution in [3.05, 3.63) is 78.4 Å². The molecule has 0 unspecified atom stereocenters. The highest BCUT2D eigenvalue weighted by molar-refractivity contribution is 5.80. The van der Waals surface area contributed by atoms with Gasteiger partial charge in [0.2, 0.25) is 11.6 Å². The highest BCUT2D eigenvalue weighted by atomic mass is 19.3. The normalized spacial score (nSPS) is 11.6. The lowest BCUT2D eigenvalue weighted by Gasteiger charge is -2.09. The molecule has 158 valence electrons. The zero-order valence-electron chi connectivity index (χ0n) is 17.0. The lowest BCUT2D eigenvalue weighted by atomic mass is 9.98. The number of nitrogens with one attached hydrogen (secondary N) is 1. The molecule has 7 nitrogen and oxygen atoms in total. The number of aromatic amines is 1. The predicted molar refractivity (Wildman–Crippen MR) is 112 cm³/mol. The van der Waals surface area contributed by atoms with Crippen LogP contribution in [0.2, 0.25) is 0 Å². The van der Waals surface area contributed by atoms with Crippen LogP contribution in [0, 0.1) is 0 Å². The topological polar surface area (TPSA) is 85.2 Å². The molecule has 0 saturated carbocycles. The number of halogens is 2. The number of rotatable bonds is 8. The van der Waals surface area contributed by atoms with Crippen molar-refractivity contribution in [3.63, 3.8) is 0 Å². The van der Waals surface area contributed by atoms with Crippen LogP contribution in [-0.4, -0.2) is 35.4 Å². The van der Waals surface area contributed by atoms with E-state index in [0.29, 0.717) is 31.0 Å². The largest absolute Gasteiger partial charge is 0.305 e. The molecule has 2 aromatic carbocycles. The van der Waals surface area contributed by atoms with Gasteiger partial charge in [0, 0.05) is 18.9 Å². The molecular formula is C22H21F2N7. The van der Waals surface area contributed by atoms with Crippen LogP contribution in [0.3, 0.4) is 0 Å². The molecule has 0 aliphatic heterocycles. The average molecular weight is 421 g/mol. The molecule has 4 rings (SSSR count). The van der Waals surface area contributed by atoms with Crippen LogP contribution < -0.4 is 0 Å². The molecular weight excluding hydrogens is 400 g/mol. The van der Waals surface area contributed by atoms with E-state index in [0.717, 1.165) is 29.2 Å². The summed E-state index contributed by atoms with van der Waals surface area (Å²) in [4.78, 5) is 4.05. The molecule has 2 aromatic heterocycles. The Bertz CT molecular complexity index is 1160. The lowest BCUT2D eigenvalue weighted by Crippen LogP contribution is -2.11. The summed E-state index contributed by atoms with van der Waals surface area (Å²) in [6, 6.07) is 15.6. The Hall–Kier alpha value is -3.75. The highest BCUT2D eigenvalue weighted by Gasteiger charge is 2.31. The van der Waals surface area contributed by atoms with E-state index in [9.17, 15) is 8.78 Å². The van der Waals surface area contributed by atoms with Gasteiger partial charge >= 0.3 is 5.92 Å². The maximum atomic E-state index is 13.7. The molecule has 0 aliphatic rings. The number of aromatic nitrogens is 7. The fourth-order valence-corrected chi connectivity index (χ4v) is 3.27. The monoisotopic (exact) mass is 421 g/mol. The highest BCUT2D eigenvalue weighted by Crippen LogP contribution is 2.30. The minimum atomic E-state index is -3.09. The molecule has 4 aromatic rings. The predicted octanol–water partition coefficient (Wildman–Crippen LogP) is 4.40. The molecule has 0 radical (unpaired) electrons. The molecule has 0 saturated heterocycles. The molecule has 0 atom stereocenters. The van der Waals surface area contributed by atoms with Gasteiger partial charge in [-0.1, -0.05) is 54.6 Å². The summed E-state index contributed by atoms with van der Waals surface area (Å²) in [5, 5.41) is 18.3. The fourth-order valence-electron chi connectivity index (χ4n) is 3.27. The average Bonchev–Trinajstić information content (AvgIpc) is 3.43. The third-order valence-corrected chi connectivity index (χ3v) is 4.82. The molecule has 0 amide bonds. The number of benzene rings is 2. The number of H-pyrrole nitrogens is 1. The minimum absolute atomic E-state index is 0.350. The van der Waals surface area contributed by atoms with Crippen molar-refractivity contribution in [1.82, 2.24) is 35.4 Å². The Labute approximate surface area is 177 Å². The number of alkyl halides is 2. The maximum absolute atomic E-state index is 13.7. The first-order valence-corrected chi connectivity index (χ1v) is 9.81. The van der Waals surface area contributed by atoms with E-state index in [2.05, 4.69) is 37.3 Å². The van der Waals surface area contributed by atoms with E-state index in [4.69, 9.17) is 0 Å². The lowest BCUT2D eigenvalue weighted by molar-refractivity contribution is 0.00756. The number of hydrogen-bond acceptors (Lipinski definition) is 5. The molecule has 31 heavy (non-hydrogen) atoms. The quantitative estimate of drug-likeness (QED) is 0.426. The van der Waals surface area contributed by atoms with Crippen molar-refractivity contribution in [2.45, 2.75) is 32.2 Å². The van der Waals surface area contributed by atoms with Gasteiger partial charge in [-0.25, -0.2) is 9.67 Å². The van der Waals surface area contributed by atoms with Gasteiger partial charge < -0.3 is 0 Å². The number of tetrazole rings is 1. The number of aryl methyl sites for hydroxylation is 1. The van der Waals surface area contributed by atoms with E-state index in [1.54, 1.807) is 10.8 Å². The molecule has 0 aliphatic carbocycles. The van der Waals surface area contributed by atoms with Crippen LogP contribution in [0.25, 0.3) is 22.5 Å². The first-order chi connectivity index (χ1) is 15.0. The first-order valence-electron chi connectivity index (χ1n) is 9.81. The van der Waals surface area contributed by atoms with Gasteiger partial charge in [-0.3, -0.25) is 0 Å². The van der Waals surface area contributed by atoms with Crippen molar-refractivity contribution in [2.75, 3.05) is 0 Å². The molecule has 9 heteroatoms. The summed E-state index contributed by atoms with van der Waals surface area (Å²) in [7, 11) is 0. The Morgan fingerprint density at radius 1 is 1.10 bits per heavy atom. The van der Waals surface area contributed by atoms with Gasteiger partial charge in [-0.2, -0.15) is 14.0 Å². The Morgan fingerprint density at radius 2 is 1.84 bits per heavy atom. The Kier molecular flexibility index (Phi) is 5.66. The molecule has 1 N–H and O–H groups in total. The van der Waals surface area contributed by atoms with Crippen molar-refractivity contribution < 1.29 is 8.78 Å². The summed E-state index contributed by atoms with van der Waals surface area (Å²) in [6.45, 7) is 4.84. The van der Waals surface area contributed by atoms with Gasteiger partial charge in [-0.15, -0.1) is 21.9 Å². The SMILES string of the molecule is C=CCCc1nc(C(C)(F)F)nn1Cc1ccc(-c2ccccc2-c2nn[nH]n2)cc1. The van der Waals surface area contributed by atoms with Crippen LogP contribution in [0.4, 0.5) is 8.78 Å². The van der Waals surface area contributed by atoms with Gasteiger partial charge in [-0.05, 0) is 28.3 Å². The summed E-state index contributed by atoms with van der Waals surface area (Å²) >= 11 is 0. The van der Waals surface area contributed by atoms with E-state index >= 15 is 0 Å². The van der Waals surface area contributed by atoms with E-state index in [-0.39, 0.29) is 0 Å². The second-order valence-electron chi connectivity index (χ2n) is 7.20. The number of allylic oxidation sites excluding steroid dienone is 1. The summed E-state index contributed by atoms with van der Waals surface area (Å²) in [5.74, 6) is -2.51. The fraction of sp³-hybridized carbons (Fsp3) is 0.227. The van der Waals surface area contributed by atoms with E-state index in [1.807, 2.05) is 48.5 Å². The Morgan fingerprint density at radius 3 is 2.48 bits per heavy atom. The van der Waals surface area contributed by atoms with Gasteiger partial charge in [0.25, 0.3) is 0 Å². The zero-order valence-corrected chi connectivity index (χ0v) is 17.0. The van der Waals surface area contributed by atoms with E-state index < -0.39 is 11.7 Å².